The third kappa shape index (κ3) is 2.89. The van der Waals surface area contributed by atoms with Gasteiger partial charge >= 0.3 is 6.03 Å². The largest absolute Gasteiger partial charge is 0.327 e. The Labute approximate surface area is 159 Å². The number of hydrogen-bond acceptors (Lipinski definition) is 6. The van der Waals surface area contributed by atoms with Gasteiger partial charge in [-0.3, -0.25) is 20.0 Å². The number of fused-ring (bicyclic) bond motifs is 3. The minimum atomic E-state index is -0.424. The van der Waals surface area contributed by atoms with Gasteiger partial charge in [-0.15, -0.1) is 0 Å². The minimum Gasteiger partial charge on any atom is -0.310 e. The van der Waals surface area contributed by atoms with Crippen LogP contribution in [0.15, 0.2) is 35.4 Å². The molecule has 0 saturated carbocycles. The quantitative estimate of drug-likeness (QED) is 0.851. The normalized spacial score (nSPS) is 28.6. The highest BCUT2D eigenvalue weighted by atomic mass is 16.2. The van der Waals surface area contributed by atoms with E-state index in [1.165, 1.54) is 4.90 Å². The zero-order valence-corrected chi connectivity index (χ0v) is 16.2. The van der Waals surface area contributed by atoms with E-state index < -0.39 is 6.04 Å². The number of rotatable bonds is 3. The van der Waals surface area contributed by atoms with Gasteiger partial charge < -0.3 is 4.90 Å². The summed E-state index contributed by atoms with van der Waals surface area (Å²) < 4.78 is 0. The molecule has 3 aliphatic rings. The highest BCUT2D eigenvalue weighted by Gasteiger charge is 2.55. The van der Waals surface area contributed by atoms with Crippen LogP contribution in [0.5, 0.6) is 0 Å². The molecule has 2 saturated heterocycles. The van der Waals surface area contributed by atoms with E-state index in [9.17, 15) is 9.59 Å². The topological polar surface area (TPSA) is 71.5 Å². The molecule has 1 N–H and O–H groups in total. The molecule has 4 rings (SSSR count). The standard InChI is InChI=1S/C19H26N6O2/c1-12(2)10-25-18-20-16-15(17(26)23(4)19(27)22(16)3)24(18)11-14(21-25)13-8-6-5-7-9-13/h5-9,12,15-16,18,20H,10-11H2,1-4H3. The van der Waals surface area contributed by atoms with E-state index in [2.05, 4.69) is 24.1 Å². The molecule has 0 radical (unpaired) electrons. The second-order valence-electron chi connectivity index (χ2n) is 7.82. The first-order valence-electron chi connectivity index (χ1n) is 9.34. The number of carbonyl (C=O) groups excluding carboxylic acids is 2. The maximum absolute atomic E-state index is 12.9. The summed E-state index contributed by atoms with van der Waals surface area (Å²) in [5.74, 6) is 0.241. The van der Waals surface area contributed by atoms with Crippen LogP contribution in [0.4, 0.5) is 4.79 Å². The average molecular weight is 370 g/mol. The summed E-state index contributed by atoms with van der Waals surface area (Å²) in [7, 11) is 3.28. The van der Waals surface area contributed by atoms with Crippen molar-refractivity contribution in [3.63, 3.8) is 0 Å². The number of imide groups is 1. The molecule has 1 aromatic rings. The van der Waals surface area contributed by atoms with Crippen molar-refractivity contribution in [2.45, 2.75) is 32.3 Å². The van der Waals surface area contributed by atoms with Gasteiger partial charge in [0.2, 0.25) is 0 Å². The smallest absolute Gasteiger partial charge is 0.310 e. The molecule has 144 valence electrons. The SMILES string of the molecule is CC(C)CN1N=C(c2ccccc2)CN2C3C(=O)N(C)C(=O)N(C)C3NC12. The number of carbonyl (C=O) groups is 2. The molecule has 0 spiro atoms. The van der Waals surface area contributed by atoms with E-state index in [4.69, 9.17) is 5.10 Å². The third-order valence-electron chi connectivity index (χ3n) is 5.40. The van der Waals surface area contributed by atoms with Crippen molar-refractivity contribution in [2.24, 2.45) is 11.0 Å². The van der Waals surface area contributed by atoms with Gasteiger partial charge in [0.1, 0.15) is 12.2 Å². The van der Waals surface area contributed by atoms with Crippen molar-refractivity contribution in [3.8, 4) is 0 Å². The lowest BCUT2D eigenvalue weighted by atomic mass is 10.1. The van der Waals surface area contributed by atoms with Gasteiger partial charge in [-0.05, 0) is 11.5 Å². The highest BCUT2D eigenvalue weighted by Crippen LogP contribution is 2.30. The van der Waals surface area contributed by atoms with Crippen molar-refractivity contribution < 1.29 is 9.59 Å². The first kappa shape index (κ1) is 17.9. The van der Waals surface area contributed by atoms with Gasteiger partial charge in [-0.2, -0.15) is 5.10 Å². The number of amides is 3. The van der Waals surface area contributed by atoms with Gasteiger partial charge in [0.15, 0.2) is 6.29 Å². The molecule has 8 nitrogen and oxygen atoms in total. The maximum atomic E-state index is 12.9. The lowest BCUT2D eigenvalue weighted by Gasteiger charge is -2.42. The summed E-state index contributed by atoms with van der Waals surface area (Å²) in [6.07, 6.45) is -0.563. The number of hydrogen-bond donors (Lipinski definition) is 1. The lowest BCUT2D eigenvalue weighted by molar-refractivity contribution is -0.137. The van der Waals surface area contributed by atoms with Crippen LogP contribution < -0.4 is 5.32 Å². The van der Waals surface area contributed by atoms with Gasteiger partial charge in [-0.1, -0.05) is 44.2 Å². The number of nitrogens with zero attached hydrogens (tertiary/aromatic N) is 5. The van der Waals surface area contributed by atoms with Crippen molar-refractivity contribution in [1.29, 1.82) is 0 Å². The molecule has 8 heteroatoms. The lowest BCUT2D eigenvalue weighted by Crippen LogP contribution is -2.65. The summed E-state index contributed by atoms with van der Waals surface area (Å²) >= 11 is 0. The first-order valence-corrected chi connectivity index (χ1v) is 9.34. The van der Waals surface area contributed by atoms with Crippen LogP contribution in [-0.4, -0.2) is 83.0 Å². The highest BCUT2D eigenvalue weighted by molar-refractivity contribution is 6.04. The molecule has 2 fully saturated rings. The predicted molar refractivity (Wildman–Crippen MR) is 102 cm³/mol. The number of hydrazone groups is 1. The molecular formula is C19H26N6O2. The molecule has 0 bridgehead atoms. The minimum absolute atomic E-state index is 0.170. The average Bonchev–Trinajstić information content (AvgIpc) is 3.05. The second-order valence-corrected chi connectivity index (χ2v) is 7.82. The van der Waals surface area contributed by atoms with Crippen molar-refractivity contribution in [3.05, 3.63) is 35.9 Å². The van der Waals surface area contributed by atoms with E-state index in [-0.39, 0.29) is 24.4 Å². The number of urea groups is 1. The Bertz CT molecular complexity index is 780. The summed E-state index contributed by atoms with van der Waals surface area (Å²) in [5, 5.41) is 10.4. The molecule has 1 aromatic carbocycles. The Hall–Kier alpha value is -2.45. The predicted octanol–water partition coefficient (Wildman–Crippen LogP) is 0.770. The van der Waals surface area contributed by atoms with Crippen LogP contribution in [0, 0.1) is 5.92 Å². The van der Waals surface area contributed by atoms with Crippen molar-refractivity contribution >= 4 is 17.6 Å². The van der Waals surface area contributed by atoms with Crippen LogP contribution in [0.1, 0.15) is 19.4 Å². The zero-order valence-electron chi connectivity index (χ0n) is 16.2. The molecule has 0 aromatic heterocycles. The molecule has 3 aliphatic heterocycles. The molecule has 3 amide bonds. The molecular weight excluding hydrogens is 344 g/mol. The Morgan fingerprint density at radius 1 is 1.19 bits per heavy atom. The molecule has 3 heterocycles. The second kappa shape index (κ2) is 6.61. The van der Waals surface area contributed by atoms with Crippen molar-refractivity contribution in [2.75, 3.05) is 27.2 Å². The fourth-order valence-corrected chi connectivity index (χ4v) is 4.07. The Morgan fingerprint density at radius 3 is 2.56 bits per heavy atom. The first-order chi connectivity index (χ1) is 12.9. The summed E-state index contributed by atoms with van der Waals surface area (Å²) in [5.41, 5.74) is 1.99. The van der Waals surface area contributed by atoms with Crippen LogP contribution in [0.25, 0.3) is 0 Å². The Morgan fingerprint density at radius 2 is 1.89 bits per heavy atom. The van der Waals surface area contributed by atoms with Gasteiger partial charge in [0, 0.05) is 27.2 Å². The molecule has 27 heavy (non-hydrogen) atoms. The molecule has 3 unspecified atom stereocenters. The number of nitrogens with one attached hydrogen (secondary N) is 1. The monoisotopic (exact) mass is 370 g/mol. The maximum Gasteiger partial charge on any atom is 0.327 e. The number of benzene rings is 1. The molecule has 0 aliphatic carbocycles. The van der Waals surface area contributed by atoms with Gasteiger partial charge in [-0.25, -0.2) is 9.69 Å². The van der Waals surface area contributed by atoms with Gasteiger partial charge in [0.25, 0.3) is 5.91 Å². The number of likely N-dealkylation sites (N-methyl/N-ethyl adjacent to an activating group) is 2. The van der Waals surface area contributed by atoms with Crippen LogP contribution in [-0.2, 0) is 4.79 Å². The third-order valence-corrected chi connectivity index (χ3v) is 5.40. The van der Waals surface area contributed by atoms with E-state index in [1.54, 1.807) is 19.0 Å². The van der Waals surface area contributed by atoms with E-state index in [0.717, 1.165) is 17.8 Å². The van der Waals surface area contributed by atoms with Crippen molar-refractivity contribution in [1.82, 2.24) is 25.0 Å². The van der Waals surface area contributed by atoms with E-state index in [0.29, 0.717) is 12.5 Å². The fraction of sp³-hybridized carbons (Fsp3) is 0.526. The fourth-order valence-electron chi connectivity index (χ4n) is 4.07. The Kier molecular flexibility index (Phi) is 4.39. The van der Waals surface area contributed by atoms with Crippen LogP contribution >= 0.6 is 0 Å². The Balaban J connectivity index is 1.72. The van der Waals surface area contributed by atoms with Crippen LogP contribution in [0.2, 0.25) is 0 Å². The van der Waals surface area contributed by atoms with Gasteiger partial charge in [0.05, 0.1) is 5.71 Å². The molecule has 3 atom stereocenters. The van der Waals surface area contributed by atoms with E-state index >= 15 is 0 Å². The zero-order chi connectivity index (χ0) is 19.3. The summed E-state index contributed by atoms with van der Waals surface area (Å²) in [6, 6.07) is 9.34. The summed E-state index contributed by atoms with van der Waals surface area (Å²) in [4.78, 5) is 30.2. The van der Waals surface area contributed by atoms with E-state index in [1.807, 2.05) is 35.3 Å². The summed E-state index contributed by atoms with van der Waals surface area (Å²) in [6.45, 7) is 5.60. The van der Waals surface area contributed by atoms with Crippen LogP contribution in [0.3, 0.4) is 0 Å².